The molecule has 0 saturated heterocycles. The molecule has 1 atom stereocenters. The SMILES string of the molecule is CC1CCC2=CCCC(C(C)(C)C)=C2CC1. The Morgan fingerprint density at radius 1 is 1.06 bits per heavy atom. The molecule has 16 heavy (non-hydrogen) atoms. The molecule has 90 valence electrons. The van der Waals surface area contributed by atoms with Gasteiger partial charge in [-0.3, -0.25) is 0 Å². The van der Waals surface area contributed by atoms with Crippen LogP contribution in [-0.4, -0.2) is 0 Å². The van der Waals surface area contributed by atoms with E-state index in [4.69, 9.17) is 0 Å². The van der Waals surface area contributed by atoms with Crippen molar-refractivity contribution in [3.63, 3.8) is 0 Å². The molecule has 0 aromatic carbocycles. The van der Waals surface area contributed by atoms with E-state index in [9.17, 15) is 0 Å². The Kier molecular flexibility index (Phi) is 3.28. The Labute approximate surface area is 101 Å². The van der Waals surface area contributed by atoms with Gasteiger partial charge in [-0.05, 0) is 61.0 Å². The molecule has 0 radical (unpaired) electrons. The van der Waals surface area contributed by atoms with Crippen LogP contribution in [0.3, 0.4) is 0 Å². The first kappa shape index (κ1) is 12.0. The highest BCUT2D eigenvalue weighted by Gasteiger charge is 2.26. The summed E-state index contributed by atoms with van der Waals surface area (Å²) in [5, 5.41) is 0. The molecular weight excluding hydrogens is 192 g/mol. The monoisotopic (exact) mass is 218 g/mol. The lowest BCUT2D eigenvalue weighted by Gasteiger charge is -2.30. The van der Waals surface area contributed by atoms with Crippen LogP contribution < -0.4 is 0 Å². The summed E-state index contributed by atoms with van der Waals surface area (Å²) in [6.07, 6.45) is 10.5. The summed E-state index contributed by atoms with van der Waals surface area (Å²) in [7, 11) is 0. The molecule has 2 rings (SSSR count). The molecule has 0 bridgehead atoms. The van der Waals surface area contributed by atoms with E-state index < -0.39 is 0 Å². The summed E-state index contributed by atoms with van der Waals surface area (Å²) in [5.41, 5.74) is 5.56. The van der Waals surface area contributed by atoms with Gasteiger partial charge in [0.2, 0.25) is 0 Å². The fourth-order valence-corrected chi connectivity index (χ4v) is 3.19. The molecule has 2 aliphatic rings. The zero-order chi connectivity index (χ0) is 11.8. The van der Waals surface area contributed by atoms with Gasteiger partial charge in [-0.15, -0.1) is 0 Å². The van der Waals surface area contributed by atoms with Gasteiger partial charge in [0.1, 0.15) is 0 Å². The van der Waals surface area contributed by atoms with Gasteiger partial charge < -0.3 is 0 Å². The van der Waals surface area contributed by atoms with E-state index >= 15 is 0 Å². The van der Waals surface area contributed by atoms with Gasteiger partial charge in [0.25, 0.3) is 0 Å². The largest absolute Gasteiger partial charge is 0.0807 e. The Morgan fingerprint density at radius 3 is 2.44 bits per heavy atom. The van der Waals surface area contributed by atoms with E-state index in [-0.39, 0.29) is 0 Å². The predicted octanol–water partition coefficient (Wildman–Crippen LogP) is 5.26. The summed E-state index contributed by atoms with van der Waals surface area (Å²) in [6, 6.07) is 0. The van der Waals surface area contributed by atoms with Gasteiger partial charge in [-0.2, -0.15) is 0 Å². The maximum Gasteiger partial charge on any atom is -0.0167 e. The third-order valence-electron chi connectivity index (χ3n) is 4.24. The fraction of sp³-hybridized carbons (Fsp3) is 0.750. The smallest absolute Gasteiger partial charge is 0.0167 e. The minimum Gasteiger partial charge on any atom is -0.0807 e. The van der Waals surface area contributed by atoms with Gasteiger partial charge in [0.05, 0.1) is 0 Å². The number of fused-ring (bicyclic) bond motifs is 1. The molecule has 0 amide bonds. The van der Waals surface area contributed by atoms with Gasteiger partial charge >= 0.3 is 0 Å². The molecule has 0 aliphatic heterocycles. The summed E-state index contributed by atoms with van der Waals surface area (Å²) in [4.78, 5) is 0. The predicted molar refractivity (Wildman–Crippen MR) is 71.4 cm³/mol. The second-order valence-electron chi connectivity index (χ2n) is 6.66. The van der Waals surface area contributed by atoms with Crippen LogP contribution in [-0.2, 0) is 0 Å². The standard InChI is InChI=1S/C16H26/c1-12-8-10-13-6-5-7-15(16(2,3)4)14(13)11-9-12/h6,12H,5,7-11H2,1-4H3. The molecule has 0 aromatic rings. The minimum absolute atomic E-state index is 0.377. The zero-order valence-electron chi connectivity index (χ0n) is 11.4. The van der Waals surface area contributed by atoms with E-state index in [1.807, 2.05) is 0 Å². The second-order valence-corrected chi connectivity index (χ2v) is 6.66. The molecule has 2 aliphatic carbocycles. The van der Waals surface area contributed by atoms with Crippen LogP contribution in [0.4, 0.5) is 0 Å². The van der Waals surface area contributed by atoms with Crippen molar-refractivity contribution in [2.24, 2.45) is 11.3 Å². The Balaban J connectivity index is 2.35. The van der Waals surface area contributed by atoms with Gasteiger partial charge in [-0.25, -0.2) is 0 Å². The highest BCUT2D eigenvalue weighted by Crippen LogP contribution is 2.43. The van der Waals surface area contributed by atoms with Crippen molar-refractivity contribution in [2.45, 2.75) is 66.2 Å². The molecule has 1 saturated carbocycles. The van der Waals surface area contributed by atoms with Crippen LogP contribution in [0.2, 0.25) is 0 Å². The van der Waals surface area contributed by atoms with Crippen LogP contribution in [0.25, 0.3) is 0 Å². The lowest BCUT2D eigenvalue weighted by molar-refractivity contribution is 0.469. The van der Waals surface area contributed by atoms with Crippen LogP contribution in [0.5, 0.6) is 0 Å². The van der Waals surface area contributed by atoms with E-state index in [0.29, 0.717) is 5.41 Å². The third kappa shape index (κ3) is 2.42. The molecule has 0 nitrogen and oxygen atoms in total. The first-order valence-corrected chi connectivity index (χ1v) is 6.90. The maximum atomic E-state index is 2.52. The van der Waals surface area contributed by atoms with Gasteiger partial charge in [-0.1, -0.05) is 39.3 Å². The average Bonchev–Trinajstić information content (AvgIpc) is 2.39. The summed E-state index contributed by atoms with van der Waals surface area (Å²) in [5.74, 6) is 0.917. The Hall–Kier alpha value is -0.520. The van der Waals surface area contributed by atoms with Crippen molar-refractivity contribution in [1.82, 2.24) is 0 Å². The first-order chi connectivity index (χ1) is 7.48. The molecular formula is C16H26. The third-order valence-corrected chi connectivity index (χ3v) is 4.24. The van der Waals surface area contributed by atoms with Crippen molar-refractivity contribution in [3.8, 4) is 0 Å². The van der Waals surface area contributed by atoms with Crippen molar-refractivity contribution >= 4 is 0 Å². The number of hydrogen-bond acceptors (Lipinski definition) is 0. The van der Waals surface area contributed by atoms with E-state index in [1.165, 1.54) is 38.5 Å². The van der Waals surface area contributed by atoms with Crippen LogP contribution in [0.1, 0.15) is 66.2 Å². The van der Waals surface area contributed by atoms with Gasteiger partial charge in [0.15, 0.2) is 0 Å². The Bertz CT molecular complexity index is 322. The normalized spacial score (nSPS) is 27.2. The second kappa shape index (κ2) is 4.39. The average molecular weight is 218 g/mol. The van der Waals surface area contributed by atoms with Crippen LogP contribution in [0, 0.1) is 11.3 Å². The van der Waals surface area contributed by atoms with E-state index in [2.05, 4.69) is 33.8 Å². The zero-order valence-corrected chi connectivity index (χ0v) is 11.4. The topological polar surface area (TPSA) is 0 Å². The highest BCUT2D eigenvalue weighted by atomic mass is 14.3. The molecule has 0 aromatic heterocycles. The van der Waals surface area contributed by atoms with Crippen molar-refractivity contribution in [3.05, 3.63) is 22.8 Å². The van der Waals surface area contributed by atoms with Crippen molar-refractivity contribution < 1.29 is 0 Å². The minimum atomic E-state index is 0.377. The molecule has 0 heterocycles. The fourth-order valence-electron chi connectivity index (χ4n) is 3.19. The molecule has 0 N–H and O–H groups in total. The van der Waals surface area contributed by atoms with E-state index in [0.717, 1.165) is 5.92 Å². The van der Waals surface area contributed by atoms with Gasteiger partial charge in [0, 0.05) is 0 Å². The lowest BCUT2D eigenvalue weighted by atomic mass is 9.75. The van der Waals surface area contributed by atoms with Crippen molar-refractivity contribution in [1.29, 1.82) is 0 Å². The molecule has 1 fully saturated rings. The Morgan fingerprint density at radius 2 is 1.75 bits per heavy atom. The lowest BCUT2D eigenvalue weighted by Crippen LogP contribution is -2.15. The summed E-state index contributed by atoms with van der Waals surface area (Å²) >= 11 is 0. The number of rotatable bonds is 0. The summed E-state index contributed by atoms with van der Waals surface area (Å²) in [6.45, 7) is 9.56. The quantitative estimate of drug-likeness (QED) is 0.520. The number of allylic oxidation sites excluding steroid dienone is 4. The highest BCUT2D eigenvalue weighted by molar-refractivity contribution is 5.41. The van der Waals surface area contributed by atoms with Crippen LogP contribution in [0.15, 0.2) is 22.8 Å². The molecule has 1 unspecified atom stereocenters. The van der Waals surface area contributed by atoms with E-state index in [1.54, 1.807) is 16.7 Å². The maximum absolute atomic E-state index is 2.52. The van der Waals surface area contributed by atoms with Crippen LogP contribution >= 0.6 is 0 Å². The van der Waals surface area contributed by atoms with Crippen molar-refractivity contribution in [2.75, 3.05) is 0 Å². The molecule has 0 spiro atoms. The first-order valence-electron chi connectivity index (χ1n) is 6.90. The number of hydrogen-bond donors (Lipinski definition) is 0. The molecule has 0 heteroatoms. The summed E-state index contributed by atoms with van der Waals surface area (Å²) < 4.78 is 0.